The van der Waals surface area contributed by atoms with Gasteiger partial charge in [-0.25, -0.2) is 0 Å². The van der Waals surface area contributed by atoms with E-state index in [1.165, 1.54) is 16.7 Å². The summed E-state index contributed by atoms with van der Waals surface area (Å²) in [6.45, 7) is 12.6. The van der Waals surface area contributed by atoms with E-state index in [-0.39, 0.29) is 0 Å². The molecule has 33 heavy (non-hydrogen) atoms. The first-order valence-electron chi connectivity index (χ1n) is 11.6. The maximum Gasteiger partial charge on any atom is 0.130 e. The predicted octanol–water partition coefficient (Wildman–Crippen LogP) is 6.37. The molecule has 176 valence electrons. The van der Waals surface area contributed by atoms with Gasteiger partial charge in [-0.15, -0.1) is 0 Å². The third-order valence-electron chi connectivity index (χ3n) is 5.66. The number of hydrogen-bond donors (Lipinski definition) is 2. The summed E-state index contributed by atoms with van der Waals surface area (Å²) in [5, 5.41) is 21.4. The number of amidine groups is 1. The monoisotopic (exact) mass is 509 g/mol. The largest absolute Gasteiger partial charge is 0.326 e. The molecule has 1 heterocycles. The van der Waals surface area contributed by atoms with E-state index in [2.05, 4.69) is 65.3 Å². The molecule has 2 aromatic rings. The smallest absolute Gasteiger partial charge is 0.130 e. The van der Waals surface area contributed by atoms with Crippen LogP contribution >= 0.6 is 16.1 Å². The standard InChI is InChI=1S/C25H30BrN5.C2H6/c1-17-12-18(2)24(19(3)13-17)30-11-5-6-22(25(30)28)23(15-29-4)31(26)16-21-9-7-20(14-27)8-10-21;1-2/h7-10,12-13,28-29H,5-6,11,15-16H2,1-4H3;1-2H3/b23-22+,28-25?;. The molecule has 1 aliphatic heterocycles. The number of likely N-dealkylation sites (N-methyl/N-ethyl adjacent to an activating group) is 1. The lowest BCUT2D eigenvalue weighted by Gasteiger charge is -2.36. The number of nitrogens with one attached hydrogen (secondary N) is 2. The van der Waals surface area contributed by atoms with Gasteiger partial charge < -0.3 is 14.1 Å². The van der Waals surface area contributed by atoms with Crippen LogP contribution in [0.3, 0.4) is 0 Å². The number of nitrogens with zero attached hydrogens (tertiary/aromatic N) is 3. The maximum atomic E-state index is 9.08. The van der Waals surface area contributed by atoms with Crippen LogP contribution in [0, 0.1) is 37.5 Å². The second-order valence-corrected chi connectivity index (χ2v) is 8.99. The van der Waals surface area contributed by atoms with Gasteiger partial charge >= 0.3 is 0 Å². The summed E-state index contributed by atoms with van der Waals surface area (Å²) in [6.07, 6.45) is 1.89. The Balaban J connectivity index is 0.00000187. The minimum absolute atomic E-state index is 0.579. The molecular weight excluding hydrogens is 474 g/mol. The number of nitriles is 1. The molecule has 3 rings (SSSR count). The Hall–Kier alpha value is -2.62. The van der Waals surface area contributed by atoms with Crippen molar-refractivity contribution >= 4 is 27.7 Å². The van der Waals surface area contributed by atoms with E-state index in [9.17, 15) is 0 Å². The van der Waals surface area contributed by atoms with E-state index in [4.69, 9.17) is 10.7 Å². The van der Waals surface area contributed by atoms with Gasteiger partial charge in [-0.1, -0.05) is 43.7 Å². The van der Waals surface area contributed by atoms with Gasteiger partial charge in [0.15, 0.2) is 0 Å². The van der Waals surface area contributed by atoms with Gasteiger partial charge in [0.1, 0.15) is 5.84 Å². The highest BCUT2D eigenvalue weighted by molar-refractivity contribution is 9.07. The van der Waals surface area contributed by atoms with Crippen molar-refractivity contribution in [1.29, 1.82) is 10.7 Å². The zero-order valence-corrected chi connectivity index (χ0v) is 22.3. The Bertz CT molecular complexity index is 1010. The van der Waals surface area contributed by atoms with Crippen LogP contribution in [0.4, 0.5) is 5.69 Å². The fourth-order valence-corrected chi connectivity index (χ4v) is 4.99. The van der Waals surface area contributed by atoms with Crippen LogP contribution in [0.2, 0.25) is 0 Å². The summed E-state index contributed by atoms with van der Waals surface area (Å²) in [5.74, 6) is 0.579. The van der Waals surface area contributed by atoms with Gasteiger partial charge in [-0.2, -0.15) is 5.26 Å². The molecule has 0 atom stereocenters. The second kappa shape index (κ2) is 12.6. The molecule has 6 heteroatoms. The summed E-state index contributed by atoms with van der Waals surface area (Å²) < 4.78 is 2.05. The summed E-state index contributed by atoms with van der Waals surface area (Å²) in [6, 6.07) is 14.2. The number of rotatable bonds is 6. The van der Waals surface area contributed by atoms with E-state index in [1.807, 2.05) is 49.1 Å². The molecule has 0 aromatic heterocycles. The topological polar surface area (TPSA) is 66.2 Å². The SMILES string of the molecule is CC.CNC/C(=C1/CCCN(c2c(C)cc(C)cc2C)C1=N)N(Br)Cc1ccc(C#N)cc1. The average Bonchev–Trinajstić information content (AvgIpc) is 2.80. The number of halogens is 1. The Kier molecular flexibility index (Phi) is 10.1. The fraction of sp³-hybridized carbons (Fsp3) is 0.407. The van der Waals surface area contributed by atoms with Gasteiger partial charge in [0.25, 0.3) is 0 Å². The summed E-state index contributed by atoms with van der Waals surface area (Å²) in [5.41, 5.74) is 8.74. The van der Waals surface area contributed by atoms with Crippen LogP contribution in [0.15, 0.2) is 47.7 Å². The third kappa shape index (κ3) is 6.46. The van der Waals surface area contributed by atoms with Crippen molar-refractivity contribution in [1.82, 2.24) is 9.24 Å². The van der Waals surface area contributed by atoms with Crippen LogP contribution in [0.1, 0.15) is 54.5 Å². The molecule has 0 saturated carbocycles. The van der Waals surface area contributed by atoms with E-state index < -0.39 is 0 Å². The van der Waals surface area contributed by atoms with Crippen molar-refractivity contribution in [2.24, 2.45) is 0 Å². The zero-order chi connectivity index (χ0) is 24.5. The predicted molar refractivity (Wildman–Crippen MR) is 143 cm³/mol. The summed E-state index contributed by atoms with van der Waals surface area (Å²) in [7, 11) is 1.93. The van der Waals surface area contributed by atoms with Gasteiger partial charge in [-0.3, -0.25) is 5.41 Å². The lowest BCUT2D eigenvalue weighted by Crippen LogP contribution is -2.40. The zero-order valence-electron chi connectivity index (χ0n) is 20.7. The number of hydrogen-bond acceptors (Lipinski definition) is 4. The molecule has 1 fully saturated rings. The van der Waals surface area contributed by atoms with E-state index >= 15 is 0 Å². The van der Waals surface area contributed by atoms with Gasteiger partial charge in [0.05, 0.1) is 18.2 Å². The van der Waals surface area contributed by atoms with Crippen LogP contribution in [-0.2, 0) is 6.54 Å². The Labute approximate surface area is 207 Å². The molecular formula is C27H36BrN5. The Morgan fingerprint density at radius 2 is 1.76 bits per heavy atom. The highest BCUT2D eigenvalue weighted by Crippen LogP contribution is 2.33. The molecule has 1 saturated heterocycles. The lowest BCUT2D eigenvalue weighted by atomic mass is 9.96. The summed E-state index contributed by atoms with van der Waals surface area (Å²) >= 11 is 3.75. The van der Waals surface area contributed by atoms with E-state index in [0.29, 0.717) is 24.5 Å². The van der Waals surface area contributed by atoms with Crippen LogP contribution < -0.4 is 10.2 Å². The number of benzene rings is 2. The van der Waals surface area contributed by atoms with Gasteiger partial charge in [0.2, 0.25) is 0 Å². The van der Waals surface area contributed by atoms with Crippen LogP contribution in [0.5, 0.6) is 0 Å². The minimum atomic E-state index is 0.579. The average molecular weight is 511 g/mol. The van der Waals surface area contributed by atoms with E-state index in [0.717, 1.165) is 41.9 Å². The fourth-order valence-electron chi connectivity index (χ4n) is 4.36. The normalized spacial score (nSPS) is 14.8. The molecule has 0 spiro atoms. The van der Waals surface area contributed by atoms with Crippen molar-refractivity contribution in [2.75, 3.05) is 25.0 Å². The highest BCUT2D eigenvalue weighted by atomic mass is 79.9. The first-order chi connectivity index (χ1) is 15.8. The number of piperidine rings is 1. The maximum absolute atomic E-state index is 9.08. The molecule has 1 aliphatic rings. The molecule has 0 unspecified atom stereocenters. The lowest BCUT2D eigenvalue weighted by molar-refractivity contribution is 0.549. The van der Waals surface area contributed by atoms with Crippen molar-refractivity contribution in [3.63, 3.8) is 0 Å². The number of anilines is 1. The molecule has 0 amide bonds. The Morgan fingerprint density at radius 1 is 1.15 bits per heavy atom. The molecule has 0 aliphatic carbocycles. The summed E-state index contributed by atoms with van der Waals surface area (Å²) in [4.78, 5) is 2.17. The van der Waals surface area contributed by atoms with Crippen LogP contribution in [0.25, 0.3) is 0 Å². The molecule has 2 N–H and O–H groups in total. The van der Waals surface area contributed by atoms with Crippen LogP contribution in [-0.4, -0.2) is 29.9 Å². The first-order valence-corrected chi connectivity index (χ1v) is 12.3. The van der Waals surface area contributed by atoms with Crippen molar-refractivity contribution in [3.05, 3.63) is 75.5 Å². The van der Waals surface area contributed by atoms with E-state index in [1.54, 1.807) is 0 Å². The molecule has 5 nitrogen and oxygen atoms in total. The van der Waals surface area contributed by atoms with Crippen molar-refractivity contribution in [2.45, 2.75) is 54.0 Å². The molecule has 0 radical (unpaired) electrons. The quantitative estimate of drug-likeness (QED) is 0.443. The van der Waals surface area contributed by atoms with Crippen molar-refractivity contribution < 1.29 is 0 Å². The number of aryl methyl sites for hydroxylation is 3. The third-order valence-corrected chi connectivity index (χ3v) is 6.34. The second-order valence-electron chi connectivity index (χ2n) is 8.14. The Morgan fingerprint density at radius 3 is 2.30 bits per heavy atom. The van der Waals surface area contributed by atoms with Gasteiger partial charge in [-0.05, 0) is 69.5 Å². The first kappa shape index (κ1) is 26.6. The van der Waals surface area contributed by atoms with Gasteiger partial charge in [0, 0.05) is 46.2 Å². The van der Waals surface area contributed by atoms with Crippen molar-refractivity contribution in [3.8, 4) is 6.07 Å². The molecule has 2 aromatic carbocycles. The minimum Gasteiger partial charge on any atom is -0.326 e. The highest BCUT2D eigenvalue weighted by Gasteiger charge is 2.27. The molecule has 0 bridgehead atoms.